The van der Waals surface area contributed by atoms with Gasteiger partial charge >= 0.3 is 12.0 Å². The molecule has 10 heteroatoms. The molecule has 0 saturated heterocycles. The van der Waals surface area contributed by atoms with E-state index in [4.69, 9.17) is 4.74 Å². The van der Waals surface area contributed by atoms with Crippen molar-refractivity contribution in [3.05, 3.63) is 29.8 Å². The molecule has 1 aromatic carbocycles. The van der Waals surface area contributed by atoms with Gasteiger partial charge in [-0.1, -0.05) is 0 Å². The molecule has 0 saturated carbocycles. The largest absolute Gasteiger partial charge is 0.449 e. The number of rotatable bonds is 7. The van der Waals surface area contributed by atoms with Crippen LogP contribution >= 0.6 is 0 Å². The Hall–Kier alpha value is -2.46. The average Bonchev–Trinajstić information content (AvgIpc) is 2.52. The first-order valence-electron chi connectivity index (χ1n) is 8.37. The number of sulfonamides is 1. The molecule has 0 heterocycles. The number of benzene rings is 1. The van der Waals surface area contributed by atoms with E-state index >= 15 is 0 Å². The number of carbonyl (C=O) groups is 3. The Kier molecular flexibility index (Phi) is 7.92. The summed E-state index contributed by atoms with van der Waals surface area (Å²) in [5, 5.41) is 4.53. The van der Waals surface area contributed by atoms with Crippen molar-refractivity contribution < 1.29 is 27.5 Å². The summed E-state index contributed by atoms with van der Waals surface area (Å²) in [7, 11) is -3.67. The van der Waals surface area contributed by atoms with E-state index in [-0.39, 0.29) is 22.5 Å². The Labute approximate surface area is 158 Å². The van der Waals surface area contributed by atoms with Gasteiger partial charge in [-0.25, -0.2) is 22.7 Å². The number of urea groups is 1. The van der Waals surface area contributed by atoms with Gasteiger partial charge < -0.3 is 10.1 Å². The van der Waals surface area contributed by atoms with Crippen LogP contribution in [0.4, 0.5) is 4.79 Å². The third-order valence-corrected chi connectivity index (χ3v) is 4.78. The van der Waals surface area contributed by atoms with Crippen LogP contribution in [-0.2, 0) is 19.6 Å². The summed E-state index contributed by atoms with van der Waals surface area (Å²) < 4.78 is 31.5. The molecule has 0 fully saturated rings. The number of esters is 1. The average molecular weight is 399 g/mol. The summed E-state index contributed by atoms with van der Waals surface area (Å²) in [4.78, 5) is 35.4. The summed E-state index contributed by atoms with van der Waals surface area (Å²) in [6, 6.07) is 3.98. The second-order valence-electron chi connectivity index (χ2n) is 6.47. The van der Waals surface area contributed by atoms with Gasteiger partial charge in [0.2, 0.25) is 10.0 Å². The molecular weight excluding hydrogens is 374 g/mol. The van der Waals surface area contributed by atoms with Gasteiger partial charge in [-0.15, -0.1) is 0 Å². The van der Waals surface area contributed by atoms with Crippen LogP contribution in [0.2, 0.25) is 0 Å². The van der Waals surface area contributed by atoms with Crippen molar-refractivity contribution in [2.75, 3.05) is 0 Å². The standard InChI is InChI=1S/C17H25N3O6S/c1-10(2)18-17(23)19-15(21)12(5)26-16(22)13-6-8-14(9-7-13)27(24,25)20-11(3)4/h6-12,20H,1-5H3,(H2,18,19,21,23). The quantitative estimate of drug-likeness (QED) is 0.590. The SMILES string of the molecule is CC(C)NC(=O)NC(=O)C(C)OC(=O)c1ccc(S(=O)(=O)NC(C)C)cc1. The lowest BCUT2D eigenvalue weighted by molar-refractivity contribution is -0.127. The van der Waals surface area contributed by atoms with Gasteiger partial charge in [-0.3, -0.25) is 10.1 Å². The van der Waals surface area contributed by atoms with Crippen molar-refractivity contribution in [1.29, 1.82) is 0 Å². The molecule has 27 heavy (non-hydrogen) atoms. The lowest BCUT2D eigenvalue weighted by Gasteiger charge is -2.14. The lowest BCUT2D eigenvalue weighted by atomic mass is 10.2. The summed E-state index contributed by atoms with van der Waals surface area (Å²) in [5.74, 6) is -1.59. The number of imide groups is 1. The summed E-state index contributed by atoms with van der Waals surface area (Å²) in [6.45, 7) is 8.16. The molecule has 3 N–H and O–H groups in total. The van der Waals surface area contributed by atoms with Gasteiger partial charge in [-0.2, -0.15) is 0 Å². The number of hydrogen-bond donors (Lipinski definition) is 3. The van der Waals surface area contributed by atoms with Crippen LogP contribution in [-0.4, -0.2) is 44.5 Å². The van der Waals surface area contributed by atoms with Gasteiger partial charge in [0, 0.05) is 12.1 Å². The van der Waals surface area contributed by atoms with Crippen LogP contribution in [0.3, 0.4) is 0 Å². The zero-order chi connectivity index (χ0) is 20.8. The molecular formula is C17H25N3O6S. The van der Waals surface area contributed by atoms with Crippen LogP contribution in [0.25, 0.3) is 0 Å². The maximum absolute atomic E-state index is 12.1. The van der Waals surface area contributed by atoms with E-state index < -0.39 is 34.0 Å². The number of nitrogens with one attached hydrogen (secondary N) is 3. The summed E-state index contributed by atoms with van der Waals surface area (Å²) in [6.07, 6.45) is -1.21. The summed E-state index contributed by atoms with van der Waals surface area (Å²) in [5.41, 5.74) is 0.0739. The van der Waals surface area contributed by atoms with E-state index in [9.17, 15) is 22.8 Å². The normalized spacial score (nSPS) is 12.6. The molecule has 3 amide bonds. The lowest BCUT2D eigenvalue weighted by Crippen LogP contribution is -2.46. The summed E-state index contributed by atoms with van der Waals surface area (Å²) >= 11 is 0. The molecule has 0 aromatic heterocycles. The highest BCUT2D eigenvalue weighted by atomic mass is 32.2. The van der Waals surface area contributed by atoms with Crippen molar-refractivity contribution in [2.45, 2.75) is 57.7 Å². The molecule has 1 rings (SSSR count). The van der Waals surface area contributed by atoms with Gasteiger partial charge in [-0.05, 0) is 58.9 Å². The monoisotopic (exact) mass is 399 g/mol. The number of hydrogen-bond acceptors (Lipinski definition) is 6. The van der Waals surface area contributed by atoms with E-state index in [0.29, 0.717) is 0 Å². The second-order valence-corrected chi connectivity index (χ2v) is 8.18. The third-order valence-electron chi connectivity index (χ3n) is 3.10. The van der Waals surface area contributed by atoms with Crippen LogP contribution in [0.1, 0.15) is 45.0 Å². The van der Waals surface area contributed by atoms with Crippen LogP contribution in [0.5, 0.6) is 0 Å². The van der Waals surface area contributed by atoms with Crippen LogP contribution in [0, 0.1) is 0 Å². The van der Waals surface area contributed by atoms with Gasteiger partial charge in [0.1, 0.15) is 0 Å². The van der Waals surface area contributed by atoms with Gasteiger partial charge in [0.05, 0.1) is 10.5 Å². The molecule has 0 aliphatic carbocycles. The minimum Gasteiger partial charge on any atom is -0.449 e. The molecule has 1 aromatic rings. The Morgan fingerprint density at radius 2 is 1.48 bits per heavy atom. The van der Waals surface area contributed by atoms with Crippen molar-refractivity contribution in [3.8, 4) is 0 Å². The zero-order valence-corrected chi connectivity index (χ0v) is 16.7. The Balaban J connectivity index is 2.72. The predicted molar refractivity (Wildman–Crippen MR) is 98.6 cm³/mol. The minimum atomic E-state index is -3.67. The maximum atomic E-state index is 12.1. The first kappa shape index (κ1) is 22.6. The molecule has 1 unspecified atom stereocenters. The fourth-order valence-corrected chi connectivity index (χ4v) is 3.19. The highest BCUT2D eigenvalue weighted by molar-refractivity contribution is 7.89. The molecule has 0 radical (unpaired) electrons. The number of ether oxygens (including phenoxy) is 1. The molecule has 150 valence electrons. The number of carbonyl (C=O) groups excluding carboxylic acids is 3. The highest BCUT2D eigenvalue weighted by Gasteiger charge is 2.22. The molecule has 9 nitrogen and oxygen atoms in total. The Bertz CT molecular complexity index is 787. The molecule has 0 aliphatic rings. The zero-order valence-electron chi connectivity index (χ0n) is 15.9. The smallest absolute Gasteiger partial charge is 0.338 e. The topological polar surface area (TPSA) is 131 Å². The van der Waals surface area contributed by atoms with E-state index in [1.54, 1.807) is 27.7 Å². The van der Waals surface area contributed by atoms with Crippen LogP contribution < -0.4 is 15.4 Å². The van der Waals surface area contributed by atoms with Gasteiger partial charge in [0.15, 0.2) is 6.10 Å². The minimum absolute atomic E-state index is 0.00361. The van der Waals surface area contributed by atoms with E-state index in [0.717, 1.165) is 0 Å². The molecule has 0 aliphatic heterocycles. The molecule has 0 spiro atoms. The van der Waals surface area contributed by atoms with Crippen LogP contribution in [0.15, 0.2) is 29.2 Å². The highest BCUT2D eigenvalue weighted by Crippen LogP contribution is 2.12. The Morgan fingerprint density at radius 3 is 1.96 bits per heavy atom. The second kappa shape index (κ2) is 9.47. The fourth-order valence-electron chi connectivity index (χ4n) is 1.94. The van der Waals surface area contributed by atoms with Crippen molar-refractivity contribution in [2.24, 2.45) is 0 Å². The molecule has 1 atom stereocenters. The van der Waals surface area contributed by atoms with E-state index in [1.807, 2.05) is 0 Å². The van der Waals surface area contributed by atoms with Gasteiger partial charge in [0.25, 0.3) is 5.91 Å². The van der Waals surface area contributed by atoms with Crippen molar-refractivity contribution in [3.63, 3.8) is 0 Å². The fraction of sp³-hybridized carbons (Fsp3) is 0.471. The Morgan fingerprint density at radius 1 is 0.926 bits per heavy atom. The molecule has 0 bridgehead atoms. The third kappa shape index (κ3) is 7.35. The number of amides is 3. The van der Waals surface area contributed by atoms with Crippen molar-refractivity contribution in [1.82, 2.24) is 15.4 Å². The predicted octanol–water partition coefficient (Wildman–Crippen LogP) is 1.15. The first-order chi connectivity index (χ1) is 12.4. The van der Waals surface area contributed by atoms with E-state index in [1.165, 1.54) is 31.2 Å². The van der Waals surface area contributed by atoms with Crippen molar-refractivity contribution >= 4 is 27.9 Å². The van der Waals surface area contributed by atoms with E-state index in [2.05, 4.69) is 15.4 Å². The first-order valence-corrected chi connectivity index (χ1v) is 9.85. The maximum Gasteiger partial charge on any atom is 0.338 e.